The van der Waals surface area contributed by atoms with Gasteiger partial charge in [-0.2, -0.15) is 0 Å². The maximum absolute atomic E-state index is 11.9. The molecule has 80 valence electrons. The van der Waals surface area contributed by atoms with Crippen LogP contribution in [0.15, 0.2) is 12.2 Å². The van der Waals surface area contributed by atoms with Crippen LogP contribution in [-0.2, 0) is 14.3 Å². The molecule has 0 aromatic rings. The average molecular weight is 206 g/mol. The fourth-order valence-corrected chi connectivity index (χ4v) is 3.96. The summed E-state index contributed by atoms with van der Waals surface area (Å²) in [5.74, 6) is 0.291. The van der Waals surface area contributed by atoms with Gasteiger partial charge in [-0.1, -0.05) is 12.2 Å². The van der Waals surface area contributed by atoms with Crippen LogP contribution in [0.2, 0.25) is 0 Å². The van der Waals surface area contributed by atoms with Gasteiger partial charge in [0.2, 0.25) is 0 Å². The van der Waals surface area contributed by atoms with Crippen molar-refractivity contribution in [2.24, 2.45) is 11.8 Å². The van der Waals surface area contributed by atoms with Crippen molar-refractivity contribution in [3.05, 3.63) is 12.2 Å². The molecule has 3 aliphatic heterocycles. The predicted molar refractivity (Wildman–Crippen MR) is 52.1 cm³/mol. The summed E-state index contributed by atoms with van der Waals surface area (Å²) in [6.45, 7) is 0. The van der Waals surface area contributed by atoms with Gasteiger partial charge in [-0.25, -0.2) is 0 Å². The van der Waals surface area contributed by atoms with Crippen molar-refractivity contribution >= 4 is 5.97 Å². The second-order valence-corrected chi connectivity index (χ2v) is 5.19. The molecule has 0 radical (unpaired) electrons. The molecule has 0 amide bonds. The first-order chi connectivity index (χ1) is 7.30. The molecule has 3 nitrogen and oxygen atoms in total. The minimum atomic E-state index is -0.161. The van der Waals surface area contributed by atoms with Gasteiger partial charge in [0.1, 0.15) is 5.60 Å². The van der Waals surface area contributed by atoms with E-state index in [0.29, 0.717) is 5.92 Å². The van der Waals surface area contributed by atoms with Crippen LogP contribution in [0.5, 0.6) is 0 Å². The second kappa shape index (κ2) is 2.46. The number of carbonyl (C=O) groups excluding carboxylic acids is 1. The van der Waals surface area contributed by atoms with E-state index in [0.717, 1.165) is 12.8 Å². The van der Waals surface area contributed by atoms with Gasteiger partial charge in [-0.05, 0) is 25.7 Å². The smallest absolute Gasteiger partial charge is 0.313 e. The van der Waals surface area contributed by atoms with Crippen LogP contribution in [0, 0.1) is 11.8 Å². The zero-order valence-corrected chi connectivity index (χ0v) is 8.52. The minimum absolute atomic E-state index is 0.00176. The summed E-state index contributed by atoms with van der Waals surface area (Å²) in [5, 5.41) is 0. The van der Waals surface area contributed by atoms with Gasteiger partial charge in [0.15, 0.2) is 0 Å². The van der Waals surface area contributed by atoms with E-state index >= 15 is 0 Å². The van der Waals surface area contributed by atoms with Crippen molar-refractivity contribution in [2.45, 2.75) is 43.5 Å². The maximum atomic E-state index is 11.9. The Bertz CT molecular complexity index is 354. The molecule has 0 aromatic carbocycles. The van der Waals surface area contributed by atoms with Crippen LogP contribution in [0.25, 0.3) is 0 Å². The molecule has 1 spiro atoms. The van der Waals surface area contributed by atoms with Crippen molar-refractivity contribution in [3.8, 4) is 0 Å². The highest BCUT2D eigenvalue weighted by Crippen LogP contribution is 2.56. The SMILES string of the molecule is O=C1OC2(CCCC2)[C@@H]2[C@@H]1[C@@H]1C=C[C@H]2O1. The molecule has 0 aromatic heterocycles. The third kappa shape index (κ3) is 0.842. The molecular weight excluding hydrogens is 192 g/mol. The standard InChI is InChI=1S/C12H14O3/c13-11-9-7-3-4-8(14-7)10(9)12(15-11)5-1-2-6-12/h3-4,7-10H,1-2,5-6H2/t7-,8+,9-,10-/m0/s1. The van der Waals surface area contributed by atoms with E-state index in [1.165, 1.54) is 12.8 Å². The molecule has 4 atom stereocenters. The molecular formula is C12H14O3. The molecule has 4 aliphatic rings. The summed E-state index contributed by atoms with van der Waals surface area (Å²) in [5.41, 5.74) is -0.161. The zero-order chi connectivity index (χ0) is 10.0. The van der Waals surface area contributed by atoms with Gasteiger partial charge in [0, 0.05) is 5.92 Å². The quantitative estimate of drug-likeness (QED) is 0.444. The highest BCUT2D eigenvalue weighted by atomic mass is 16.6. The van der Waals surface area contributed by atoms with Crippen molar-refractivity contribution in [2.75, 3.05) is 0 Å². The Morgan fingerprint density at radius 3 is 2.73 bits per heavy atom. The van der Waals surface area contributed by atoms with E-state index in [2.05, 4.69) is 6.08 Å². The molecule has 2 bridgehead atoms. The van der Waals surface area contributed by atoms with E-state index in [1.807, 2.05) is 6.08 Å². The van der Waals surface area contributed by atoms with Crippen molar-refractivity contribution in [1.82, 2.24) is 0 Å². The van der Waals surface area contributed by atoms with Crippen molar-refractivity contribution in [3.63, 3.8) is 0 Å². The van der Waals surface area contributed by atoms with Crippen molar-refractivity contribution in [1.29, 1.82) is 0 Å². The fourth-order valence-electron chi connectivity index (χ4n) is 3.96. The first-order valence-electron chi connectivity index (χ1n) is 5.87. The summed E-state index contributed by atoms with van der Waals surface area (Å²) < 4.78 is 11.5. The van der Waals surface area contributed by atoms with E-state index in [9.17, 15) is 4.79 Å². The molecule has 2 saturated heterocycles. The van der Waals surface area contributed by atoms with Gasteiger partial charge < -0.3 is 9.47 Å². The maximum Gasteiger partial charge on any atom is 0.313 e. The summed E-state index contributed by atoms with van der Waals surface area (Å²) in [7, 11) is 0. The number of carbonyl (C=O) groups is 1. The van der Waals surface area contributed by atoms with E-state index < -0.39 is 0 Å². The number of esters is 1. The monoisotopic (exact) mass is 206 g/mol. The van der Waals surface area contributed by atoms with Crippen LogP contribution in [-0.4, -0.2) is 23.8 Å². The molecule has 3 fully saturated rings. The number of hydrogen-bond donors (Lipinski definition) is 0. The fraction of sp³-hybridized carbons (Fsp3) is 0.750. The first kappa shape index (κ1) is 8.34. The molecule has 15 heavy (non-hydrogen) atoms. The predicted octanol–water partition coefficient (Wildman–Crippen LogP) is 1.43. The molecule has 4 rings (SSSR count). The lowest BCUT2D eigenvalue weighted by atomic mass is 9.74. The first-order valence-corrected chi connectivity index (χ1v) is 5.87. The Hall–Kier alpha value is -0.830. The van der Waals surface area contributed by atoms with Crippen LogP contribution >= 0.6 is 0 Å². The highest BCUT2D eigenvalue weighted by molar-refractivity contribution is 5.78. The Balaban J connectivity index is 1.80. The van der Waals surface area contributed by atoms with Crippen LogP contribution in [0.1, 0.15) is 25.7 Å². The van der Waals surface area contributed by atoms with Gasteiger partial charge in [-0.3, -0.25) is 4.79 Å². The lowest BCUT2D eigenvalue weighted by Crippen LogP contribution is -2.38. The van der Waals surface area contributed by atoms with E-state index in [1.54, 1.807) is 0 Å². The van der Waals surface area contributed by atoms with Gasteiger partial charge in [-0.15, -0.1) is 0 Å². The average Bonchev–Trinajstić information content (AvgIpc) is 2.93. The molecule has 1 saturated carbocycles. The third-order valence-corrected chi connectivity index (χ3v) is 4.53. The van der Waals surface area contributed by atoms with Crippen LogP contribution in [0.4, 0.5) is 0 Å². The summed E-state index contributed by atoms with van der Waals surface area (Å²) >= 11 is 0. The van der Waals surface area contributed by atoms with E-state index in [-0.39, 0.29) is 29.7 Å². The van der Waals surface area contributed by atoms with Gasteiger partial charge in [0.05, 0.1) is 18.1 Å². The Kier molecular flexibility index (Phi) is 1.37. The Morgan fingerprint density at radius 1 is 1.20 bits per heavy atom. The molecule has 0 unspecified atom stereocenters. The number of rotatable bonds is 0. The highest BCUT2D eigenvalue weighted by Gasteiger charge is 2.66. The normalized spacial score (nSPS) is 48.9. The molecule has 1 aliphatic carbocycles. The molecule has 3 heterocycles. The van der Waals surface area contributed by atoms with Gasteiger partial charge in [0.25, 0.3) is 0 Å². The lowest BCUT2D eigenvalue weighted by molar-refractivity contribution is -0.154. The van der Waals surface area contributed by atoms with Gasteiger partial charge >= 0.3 is 5.97 Å². The molecule has 3 heteroatoms. The zero-order valence-electron chi connectivity index (χ0n) is 8.52. The lowest BCUT2D eigenvalue weighted by Gasteiger charge is -2.30. The number of hydrogen-bond acceptors (Lipinski definition) is 3. The Labute approximate surface area is 88.4 Å². The van der Waals surface area contributed by atoms with E-state index in [4.69, 9.17) is 9.47 Å². The summed E-state index contributed by atoms with van der Waals surface area (Å²) in [4.78, 5) is 11.9. The second-order valence-electron chi connectivity index (χ2n) is 5.19. The molecule has 0 N–H and O–H groups in total. The largest absolute Gasteiger partial charge is 0.458 e. The van der Waals surface area contributed by atoms with Crippen LogP contribution < -0.4 is 0 Å². The number of fused-ring (bicyclic) bond motifs is 6. The topological polar surface area (TPSA) is 35.5 Å². The summed E-state index contributed by atoms with van der Waals surface area (Å²) in [6.07, 6.45) is 8.77. The third-order valence-electron chi connectivity index (χ3n) is 4.53. The Morgan fingerprint density at radius 2 is 1.93 bits per heavy atom. The summed E-state index contributed by atoms with van der Waals surface area (Å²) in [6, 6.07) is 0. The van der Waals surface area contributed by atoms with Crippen LogP contribution in [0.3, 0.4) is 0 Å². The van der Waals surface area contributed by atoms with Crippen molar-refractivity contribution < 1.29 is 14.3 Å². The number of ether oxygens (including phenoxy) is 2. The minimum Gasteiger partial charge on any atom is -0.458 e.